The van der Waals surface area contributed by atoms with E-state index in [4.69, 9.17) is 0 Å². The molecule has 0 bridgehead atoms. The molecule has 0 saturated carbocycles. The first-order valence-corrected chi connectivity index (χ1v) is 8.68. The highest BCUT2D eigenvalue weighted by Crippen LogP contribution is 2.24. The largest absolute Gasteiger partial charge is 0.367 e. The topological polar surface area (TPSA) is 49.4 Å². The third kappa shape index (κ3) is 3.49. The number of unbranched alkanes of at least 4 members (excludes halogenated alkanes) is 1. The van der Waals surface area contributed by atoms with E-state index in [1.54, 1.807) is 6.07 Å². The number of benzene rings is 1. The molecule has 1 saturated heterocycles. The molecule has 1 aromatic carbocycles. The molecule has 20 heavy (non-hydrogen) atoms. The van der Waals surface area contributed by atoms with Crippen molar-refractivity contribution >= 4 is 15.5 Å². The van der Waals surface area contributed by atoms with Gasteiger partial charge in [-0.25, -0.2) is 12.8 Å². The van der Waals surface area contributed by atoms with Gasteiger partial charge in [0.05, 0.1) is 16.3 Å². The van der Waals surface area contributed by atoms with E-state index in [0.717, 1.165) is 38.7 Å². The van der Waals surface area contributed by atoms with Gasteiger partial charge in [0.25, 0.3) is 0 Å². The van der Waals surface area contributed by atoms with Crippen molar-refractivity contribution in [3.05, 3.63) is 24.0 Å². The van der Waals surface area contributed by atoms with Crippen molar-refractivity contribution in [2.75, 3.05) is 36.8 Å². The van der Waals surface area contributed by atoms with Gasteiger partial charge in [-0.1, -0.05) is 13.3 Å². The van der Waals surface area contributed by atoms with E-state index in [1.165, 1.54) is 6.07 Å². The molecular formula is C14H21FN2O2S. The number of nitrogens with one attached hydrogen (secondary N) is 1. The van der Waals surface area contributed by atoms with E-state index >= 15 is 0 Å². The van der Waals surface area contributed by atoms with Gasteiger partial charge in [0.2, 0.25) is 0 Å². The zero-order chi connectivity index (χ0) is 14.6. The highest BCUT2D eigenvalue weighted by Gasteiger charge is 2.19. The Kier molecular flexibility index (Phi) is 4.99. The number of nitrogens with zero attached hydrogens (tertiary/aromatic N) is 1. The first kappa shape index (κ1) is 15.3. The number of halogens is 1. The minimum absolute atomic E-state index is 0.0793. The summed E-state index contributed by atoms with van der Waals surface area (Å²) in [5, 5.41) is 3.20. The van der Waals surface area contributed by atoms with Gasteiger partial charge < -0.3 is 10.2 Å². The molecule has 1 aliphatic rings. The molecule has 1 aliphatic heterocycles. The van der Waals surface area contributed by atoms with E-state index in [0.29, 0.717) is 12.1 Å². The van der Waals surface area contributed by atoms with Crippen LogP contribution in [0.2, 0.25) is 0 Å². The van der Waals surface area contributed by atoms with Crippen LogP contribution in [0.5, 0.6) is 0 Å². The number of anilines is 1. The lowest BCUT2D eigenvalue weighted by atomic mass is 10.2. The van der Waals surface area contributed by atoms with Crippen molar-refractivity contribution in [3.8, 4) is 0 Å². The molecule has 0 radical (unpaired) electrons. The van der Waals surface area contributed by atoms with Crippen LogP contribution in [0.25, 0.3) is 0 Å². The maximum atomic E-state index is 14.2. The minimum Gasteiger partial charge on any atom is -0.367 e. The molecule has 1 aromatic rings. The molecule has 0 atom stereocenters. The van der Waals surface area contributed by atoms with Crippen LogP contribution in [0.15, 0.2) is 23.1 Å². The average Bonchev–Trinajstić information content (AvgIpc) is 2.46. The Hall–Kier alpha value is -1.14. The number of hydrogen-bond acceptors (Lipinski definition) is 4. The van der Waals surface area contributed by atoms with E-state index in [1.807, 2.05) is 11.8 Å². The Morgan fingerprint density at radius 3 is 2.60 bits per heavy atom. The summed E-state index contributed by atoms with van der Waals surface area (Å²) in [7, 11) is -3.36. The molecule has 2 rings (SSSR count). The summed E-state index contributed by atoms with van der Waals surface area (Å²) in [6, 6.07) is 4.26. The lowest BCUT2D eigenvalue weighted by Crippen LogP contribution is -2.43. The highest BCUT2D eigenvalue weighted by atomic mass is 32.2. The molecule has 0 unspecified atom stereocenters. The Bertz CT molecular complexity index is 554. The van der Waals surface area contributed by atoms with Crippen molar-refractivity contribution in [2.45, 2.75) is 24.7 Å². The molecule has 4 nitrogen and oxygen atoms in total. The quantitative estimate of drug-likeness (QED) is 0.901. The standard InChI is InChI=1S/C14H21FN2O2S/c1-2-3-10-20(18,19)12-4-5-14(13(15)11-12)17-8-6-16-7-9-17/h4-5,11,16H,2-3,6-10H2,1H3. The SMILES string of the molecule is CCCCS(=O)(=O)c1ccc(N2CCNCC2)c(F)c1. The normalized spacial score (nSPS) is 16.4. The van der Waals surface area contributed by atoms with Crippen LogP contribution in [0.1, 0.15) is 19.8 Å². The van der Waals surface area contributed by atoms with Gasteiger partial charge in [-0.2, -0.15) is 0 Å². The summed E-state index contributed by atoms with van der Waals surface area (Å²) in [6.07, 6.45) is 1.41. The molecule has 6 heteroatoms. The fraction of sp³-hybridized carbons (Fsp3) is 0.571. The van der Waals surface area contributed by atoms with Crippen molar-refractivity contribution in [2.24, 2.45) is 0 Å². The summed E-state index contributed by atoms with van der Waals surface area (Å²) in [6.45, 7) is 5.03. The Labute approximate surface area is 119 Å². The molecule has 0 spiro atoms. The first-order chi connectivity index (χ1) is 9.54. The van der Waals surface area contributed by atoms with E-state index in [2.05, 4.69) is 5.32 Å². The van der Waals surface area contributed by atoms with Crippen molar-refractivity contribution < 1.29 is 12.8 Å². The number of rotatable bonds is 5. The van der Waals surface area contributed by atoms with Crippen molar-refractivity contribution in [1.82, 2.24) is 5.32 Å². The predicted molar refractivity (Wildman–Crippen MR) is 78.4 cm³/mol. The summed E-state index contributed by atoms with van der Waals surface area (Å²) in [5.74, 6) is -0.375. The second-order valence-corrected chi connectivity index (χ2v) is 7.13. The molecule has 0 amide bonds. The third-order valence-electron chi connectivity index (χ3n) is 3.50. The van der Waals surface area contributed by atoms with E-state index in [9.17, 15) is 12.8 Å². The molecular weight excluding hydrogens is 279 g/mol. The number of sulfone groups is 1. The molecule has 1 heterocycles. The summed E-state index contributed by atoms with van der Waals surface area (Å²) in [4.78, 5) is 2.02. The van der Waals surface area contributed by atoms with E-state index in [-0.39, 0.29) is 10.6 Å². The zero-order valence-electron chi connectivity index (χ0n) is 11.7. The number of hydrogen-bond donors (Lipinski definition) is 1. The van der Waals surface area contributed by atoms with Gasteiger partial charge in [0.1, 0.15) is 5.82 Å². The van der Waals surface area contributed by atoms with Crippen LogP contribution >= 0.6 is 0 Å². The van der Waals surface area contributed by atoms with Gasteiger partial charge >= 0.3 is 0 Å². The second kappa shape index (κ2) is 6.54. The van der Waals surface area contributed by atoms with Crippen LogP contribution in [-0.2, 0) is 9.84 Å². The van der Waals surface area contributed by atoms with Crippen LogP contribution < -0.4 is 10.2 Å². The molecule has 1 N–H and O–H groups in total. The van der Waals surface area contributed by atoms with Gasteiger partial charge in [-0.15, -0.1) is 0 Å². The Morgan fingerprint density at radius 1 is 1.30 bits per heavy atom. The van der Waals surface area contributed by atoms with Crippen molar-refractivity contribution in [3.63, 3.8) is 0 Å². The summed E-state index contributed by atoms with van der Waals surface area (Å²) < 4.78 is 38.2. The van der Waals surface area contributed by atoms with Crippen LogP contribution in [0, 0.1) is 5.82 Å². The minimum atomic E-state index is -3.36. The maximum Gasteiger partial charge on any atom is 0.178 e. The number of piperazine rings is 1. The van der Waals surface area contributed by atoms with Gasteiger partial charge in [-0.3, -0.25) is 0 Å². The third-order valence-corrected chi connectivity index (χ3v) is 5.30. The smallest absolute Gasteiger partial charge is 0.178 e. The lowest BCUT2D eigenvalue weighted by Gasteiger charge is -2.29. The molecule has 0 aliphatic carbocycles. The van der Waals surface area contributed by atoms with Gasteiger partial charge in [0.15, 0.2) is 9.84 Å². The Morgan fingerprint density at radius 2 is 2.00 bits per heavy atom. The van der Waals surface area contributed by atoms with Gasteiger partial charge in [-0.05, 0) is 24.6 Å². The molecule has 0 aromatic heterocycles. The lowest BCUT2D eigenvalue weighted by molar-refractivity contribution is 0.562. The average molecular weight is 300 g/mol. The van der Waals surface area contributed by atoms with Gasteiger partial charge in [0, 0.05) is 26.2 Å². The first-order valence-electron chi connectivity index (χ1n) is 7.02. The molecule has 112 valence electrons. The molecule has 1 fully saturated rings. The Balaban J connectivity index is 2.21. The predicted octanol–water partition coefficient (Wildman–Crippen LogP) is 1.81. The maximum absolute atomic E-state index is 14.2. The van der Waals surface area contributed by atoms with Crippen LogP contribution in [-0.4, -0.2) is 40.3 Å². The van der Waals surface area contributed by atoms with E-state index < -0.39 is 15.7 Å². The fourth-order valence-electron chi connectivity index (χ4n) is 2.30. The second-order valence-electron chi connectivity index (χ2n) is 5.02. The zero-order valence-corrected chi connectivity index (χ0v) is 12.5. The van der Waals surface area contributed by atoms with Crippen LogP contribution in [0.3, 0.4) is 0 Å². The fourth-order valence-corrected chi connectivity index (χ4v) is 3.76. The van der Waals surface area contributed by atoms with Crippen molar-refractivity contribution in [1.29, 1.82) is 0 Å². The van der Waals surface area contributed by atoms with Crippen LogP contribution in [0.4, 0.5) is 10.1 Å². The highest BCUT2D eigenvalue weighted by molar-refractivity contribution is 7.91. The summed E-state index contributed by atoms with van der Waals surface area (Å²) in [5.41, 5.74) is 0.487. The monoisotopic (exact) mass is 300 g/mol. The summed E-state index contributed by atoms with van der Waals surface area (Å²) >= 11 is 0.